The van der Waals surface area contributed by atoms with Gasteiger partial charge in [-0.05, 0) is 18.9 Å². The fraction of sp³-hybridized carbons (Fsp3) is 0.733. The van der Waals surface area contributed by atoms with Gasteiger partial charge in [0.05, 0.1) is 11.3 Å². The lowest BCUT2D eigenvalue weighted by atomic mass is 9.92. The molecular weight excluding hydrogens is 254 g/mol. The number of nitrogens with one attached hydrogen (secondary N) is 1. The molecule has 0 spiro atoms. The van der Waals surface area contributed by atoms with E-state index in [2.05, 4.69) is 31.2 Å². The quantitative estimate of drug-likeness (QED) is 0.886. The number of aromatic nitrogens is 2. The number of hydrogen-bond donors (Lipinski definition) is 2. The van der Waals surface area contributed by atoms with Gasteiger partial charge in [0, 0.05) is 19.0 Å². The monoisotopic (exact) mass is 279 g/mol. The first-order valence-corrected chi connectivity index (χ1v) is 7.26. The number of aliphatic hydroxyl groups is 1. The van der Waals surface area contributed by atoms with Crippen LogP contribution in [0.2, 0.25) is 0 Å². The highest BCUT2D eigenvalue weighted by molar-refractivity contribution is 5.92. The Morgan fingerprint density at radius 1 is 1.45 bits per heavy atom. The van der Waals surface area contributed by atoms with Crippen LogP contribution in [-0.2, 0) is 12.5 Å². The lowest BCUT2D eigenvalue weighted by Gasteiger charge is -2.22. The zero-order valence-corrected chi connectivity index (χ0v) is 12.9. The van der Waals surface area contributed by atoms with Crippen LogP contribution in [0.5, 0.6) is 0 Å². The van der Waals surface area contributed by atoms with Gasteiger partial charge in [0.15, 0.2) is 0 Å². The van der Waals surface area contributed by atoms with Gasteiger partial charge in [0.1, 0.15) is 5.69 Å². The molecule has 1 aliphatic carbocycles. The molecule has 1 aromatic rings. The number of rotatable bonds is 3. The minimum absolute atomic E-state index is 0.0834. The molecule has 0 bridgehead atoms. The molecule has 2 N–H and O–H groups in total. The molecule has 0 atom stereocenters. The van der Waals surface area contributed by atoms with Gasteiger partial charge < -0.3 is 10.4 Å². The normalized spacial score (nSPS) is 18.2. The number of nitrogens with zero attached hydrogens (tertiary/aromatic N) is 2. The van der Waals surface area contributed by atoms with Gasteiger partial charge >= 0.3 is 0 Å². The van der Waals surface area contributed by atoms with Crippen molar-refractivity contribution >= 4 is 5.91 Å². The van der Waals surface area contributed by atoms with Crippen LogP contribution >= 0.6 is 0 Å². The zero-order chi connectivity index (χ0) is 15.0. The summed E-state index contributed by atoms with van der Waals surface area (Å²) in [5.41, 5.74) is 0.627. The van der Waals surface area contributed by atoms with Crippen molar-refractivity contribution in [2.45, 2.75) is 57.5 Å². The predicted octanol–water partition coefficient (Wildman–Crippen LogP) is 1.75. The van der Waals surface area contributed by atoms with Crippen LogP contribution in [0.1, 0.15) is 62.6 Å². The van der Waals surface area contributed by atoms with Gasteiger partial charge in [-0.15, -0.1) is 0 Å². The largest absolute Gasteiger partial charge is 0.388 e. The Balaban J connectivity index is 2.04. The van der Waals surface area contributed by atoms with Gasteiger partial charge in [-0.25, -0.2) is 0 Å². The Morgan fingerprint density at radius 2 is 2.05 bits per heavy atom. The van der Waals surface area contributed by atoms with E-state index in [1.54, 1.807) is 11.7 Å². The molecule has 0 aliphatic heterocycles. The second-order valence-electron chi connectivity index (χ2n) is 6.90. The standard InChI is InChI=1S/C15H25N3O2/c1-14(2,3)12-9-11(18(4)17-12)13(19)16-10-15(20)7-5-6-8-15/h9,20H,5-8,10H2,1-4H3,(H,16,19). The number of carbonyl (C=O) groups excluding carboxylic acids is 1. The highest BCUT2D eigenvalue weighted by Gasteiger charge is 2.32. The second kappa shape index (κ2) is 5.20. The molecule has 112 valence electrons. The Hall–Kier alpha value is -1.36. The van der Waals surface area contributed by atoms with Crippen LogP contribution in [0.25, 0.3) is 0 Å². The maximum Gasteiger partial charge on any atom is 0.269 e. The van der Waals surface area contributed by atoms with E-state index < -0.39 is 5.60 Å². The minimum atomic E-state index is -0.721. The van der Waals surface area contributed by atoms with Crippen molar-refractivity contribution in [3.8, 4) is 0 Å². The highest BCUT2D eigenvalue weighted by Crippen LogP contribution is 2.28. The average molecular weight is 279 g/mol. The molecule has 1 aliphatic rings. The SMILES string of the molecule is Cn1nc(C(C)(C)C)cc1C(=O)NCC1(O)CCCC1. The number of hydrogen-bond acceptors (Lipinski definition) is 3. The van der Waals surface area contributed by atoms with Crippen LogP contribution in [0.3, 0.4) is 0 Å². The van der Waals surface area contributed by atoms with Crippen LogP contribution < -0.4 is 5.32 Å². The summed E-state index contributed by atoms with van der Waals surface area (Å²) in [6.07, 6.45) is 3.61. The second-order valence-corrected chi connectivity index (χ2v) is 6.90. The molecule has 1 amide bonds. The van der Waals surface area contributed by atoms with E-state index in [4.69, 9.17) is 0 Å². The van der Waals surface area contributed by atoms with Gasteiger partial charge in [-0.2, -0.15) is 5.10 Å². The van der Waals surface area contributed by atoms with Crippen molar-refractivity contribution in [1.82, 2.24) is 15.1 Å². The van der Waals surface area contributed by atoms with Crippen molar-refractivity contribution in [1.29, 1.82) is 0 Å². The fourth-order valence-corrected chi connectivity index (χ4v) is 2.59. The summed E-state index contributed by atoms with van der Waals surface area (Å²) < 4.78 is 1.61. The molecule has 1 saturated carbocycles. The van der Waals surface area contributed by atoms with Gasteiger partial charge in [0.2, 0.25) is 0 Å². The topological polar surface area (TPSA) is 67.2 Å². The van der Waals surface area contributed by atoms with Crippen LogP contribution in [0.15, 0.2) is 6.07 Å². The summed E-state index contributed by atoms with van der Waals surface area (Å²) in [5, 5.41) is 17.5. The molecule has 0 radical (unpaired) electrons. The Bertz CT molecular complexity index is 494. The number of amides is 1. The summed E-state index contributed by atoms with van der Waals surface area (Å²) in [7, 11) is 1.77. The number of carbonyl (C=O) groups is 1. The smallest absolute Gasteiger partial charge is 0.269 e. The molecule has 5 heteroatoms. The fourth-order valence-electron chi connectivity index (χ4n) is 2.59. The van der Waals surface area contributed by atoms with Crippen LogP contribution in [-0.4, -0.2) is 32.9 Å². The first-order valence-electron chi connectivity index (χ1n) is 7.26. The predicted molar refractivity (Wildman–Crippen MR) is 77.7 cm³/mol. The van der Waals surface area contributed by atoms with Crippen molar-refractivity contribution in [3.05, 3.63) is 17.5 Å². The molecule has 1 fully saturated rings. The maximum absolute atomic E-state index is 12.2. The Kier molecular flexibility index (Phi) is 3.91. The van der Waals surface area contributed by atoms with Gasteiger partial charge in [-0.1, -0.05) is 33.6 Å². The van der Waals surface area contributed by atoms with E-state index in [1.165, 1.54) is 0 Å². The Morgan fingerprint density at radius 3 is 2.55 bits per heavy atom. The summed E-state index contributed by atoms with van der Waals surface area (Å²) in [6, 6.07) is 1.83. The third kappa shape index (κ3) is 3.20. The van der Waals surface area contributed by atoms with Crippen LogP contribution in [0.4, 0.5) is 0 Å². The molecule has 0 unspecified atom stereocenters. The molecule has 2 rings (SSSR count). The summed E-state index contributed by atoms with van der Waals surface area (Å²) >= 11 is 0. The van der Waals surface area contributed by atoms with E-state index in [1.807, 2.05) is 6.07 Å². The van der Waals surface area contributed by atoms with E-state index in [0.717, 1.165) is 31.4 Å². The first kappa shape index (κ1) is 15.0. The van der Waals surface area contributed by atoms with Crippen molar-refractivity contribution in [2.75, 3.05) is 6.54 Å². The molecule has 0 saturated heterocycles. The highest BCUT2D eigenvalue weighted by atomic mass is 16.3. The minimum Gasteiger partial charge on any atom is -0.388 e. The summed E-state index contributed by atoms with van der Waals surface area (Å²) in [6.45, 7) is 6.52. The zero-order valence-electron chi connectivity index (χ0n) is 12.9. The molecule has 0 aromatic carbocycles. The molecule has 1 aromatic heterocycles. The first-order chi connectivity index (χ1) is 9.21. The summed E-state index contributed by atoms with van der Waals surface area (Å²) in [5.74, 6) is -0.171. The summed E-state index contributed by atoms with van der Waals surface area (Å²) in [4.78, 5) is 12.2. The number of aryl methyl sites for hydroxylation is 1. The van der Waals surface area contributed by atoms with Crippen molar-refractivity contribution in [2.24, 2.45) is 7.05 Å². The van der Waals surface area contributed by atoms with E-state index >= 15 is 0 Å². The third-order valence-electron chi connectivity index (χ3n) is 3.99. The molecule has 5 nitrogen and oxygen atoms in total. The van der Waals surface area contributed by atoms with Crippen molar-refractivity contribution in [3.63, 3.8) is 0 Å². The Labute approximate surface area is 120 Å². The van der Waals surface area contributed by atoms with Gasteiger partial charge in [0.25, 0.3) is 5.91 Å². The maximum atomic E-state index is 12.2. The van der Waals surface area contributed by atoms with E-state index in [9.17, 15) is 9.90 Å². The lowest BCUT2D eigenvalue weighted by Crippen LogP contribution is -2.41. The third-order valence-corrected chi connectivity index (χ3v) is 3.99. The van der Waals surface area contributed by atoms with Gasteiger partial charge in [-0.3, -0.25) is 9.48 Å². The molecule has 20 heavy (non-hydrogen) atoms. The van der Waals surface area contributed by atoms with Crippen LogP contribution in [0, 0.1) is 0 Å². The van der Waals surface area contributed by atoms with E-state index in [-0.39, 0.29) is 11.3 Å². The molecule has 1 heterocycles. The van der Waals surface area contributed by atoms with E-state index in [0.29, 0.717) is 12.2 Å². The average Bonchev–Trinajstić information content (AvgIpc) is 2.93. The lowest BCUT2D eigenvalue weighted by molar-refractivity contribution is 0.0447. The van der Waals surface area contributed by atoms with Crippen molar-refractivity contribution < 1.29 is 9.90 Å². The molecular formula is C15H25N3O2.